The first kappa shape index (κ1) is 12.1. The van der Waals surface area contributed by atoms with Gasteiger partial charge in [-0.3, -0.25) is 0 Å². The standard InChI is InChI=1S/C14H18N2S/c1-16(10-12-7-9-17-11-12)8-6-13-4-2-3-5-14(13)15/h2-5,7,9,11H,6,8,10,15H2,1H3. The number of hydrogen-bond acceptors (Lipinski definition) is 3. The lowest BCUT2D eigenvalue weighted by Gasteiger charge is -2.16. The third-order valence-electron chi connectivity index (χ3n) is 2.85. The van der Waals surface area contributed by atoms with Gasteiger partial charge in [0.15, 0.2) is 0 Å². The van der Waals surface area contributed by atoms with Gasteiger partial charge >= 0.3 is 0 Å². The van der Waals surface area contributed by atoms with E-state index in [1.807, 2.05) is 18.2 Å². The fourth-order valence-electron chi connectivity index (χ4n) is 1.85. The van der Waals surface area contributed by atoms with E-state index in [0.29, 0.717) is 0 Å². The summed E-state index contributed by atoms with van der Waals surface area (Å²) in [5.74, 6) is 0. The molecule has 0 aliphatic heterocycles. The molecule has 0 fully saturated rings. The summed E-state index contributed by atoms with van der Waals surface area (Å²) in [5, 5.41) is 4.33. The van der Waals surface area contributed by atoms with E-state index in [9.17, 15) is 0 Å². The second kappa shape index (κ2) is 5.84. The highest BCUT2D eigenvalue weighted by atomic mass is 32.1. The van der Waals surface area contributed by atoms with Crippen molar-refractivity contribution in [2.24, 2.45) is 0 Å². The number of para-hydroxylation sites is 1. The lowest BCUT2D eigenvalue weighted by Crippen LogP contribution is -2.20. The molecule has 0 saturated heterocycles. The molecule has 2 rings (SSSR count). The third-order valence-corrected chi connectivity index (χ3v) is 3.58. The van der Waals surface area contributed by atoms with E-state index in [4.69, 9.17) is 5.73 Å². The van der Waals surface area contributed by atoms with Gasteiger partial charge in [0.25, 0.3) is 0 Å². The molecule has 2 nitrogen and oxygen atoms in total. The van der Waals surface area contributed by atoms with Gasteiger partial charge in [0.2, 0.25) is 0 Å². The van der Waals surface area contributed by atoms with Gasteiger partial charge in [-0.05, 0) is 47.5 Å². The third kappa shape index (κ3) is 3.58. The predicted molar refractivity (Wildman–Crippen MR) is 75.2 cm³/mol. The summed E-state index contributed by atoms with van der Waals surface area (Å²) >= 11 is 1.75. The van der Waals surface area contributed by atoms with E-state index < -0.39 is 0 Å². The molecule has 0 bridgehead atoms. The van der Waals surface area contributed by atoms with Crippen LogP contribution in [0.15, 0.2) is 41.1 Å². The normalized spacial score (nSPS) is 10.9. The summed E-state index contributed by atoms with van der Waals surface area (Å²) in [5.41, 5.74) is 9.45. The summed E-state index contributed by atoms with van der Waals surface area (Å²) in [6.45, 7) is 2.04. The minimum atomic E-state index is 0.899. The maximum Gasteiger partial charge on any atom is 0.0347 e. The Morgan fingerprint density at radius 1 is 1.24 bits per heavy atom. The highest BCUT2D eigenvalue weighted by molar-refractivity contribution is 7.07. The highest BCUT2D eigenvalue weighted by Crippen LogP contribution is 2.13. The number of benzene rings is 1. The van der Waals surface area contributed by atoms with E-state index >= 15 is 0 Å². The maximum atomic E-state index is 5.93. The zero-order valence-corrected chi connectivity index (χ0v) is 10.9. The Balaban J connectivity index is 1.84. The molecule has 0 aliphatic carbocycles. The van der Waals surface area contributed by atoms with Gasteiger partial charge in [-0.1, -0.05) is 18.2 Å². The molecular weight excluding hydrogens is 228 g/mol. The van der Waals surface area contributed by atoms with Crippen molar-refractivity contribution >= 4 is 17.0 Å². The Kier molecular flexibility index (Phi) is 4.18. The number of anilines is 1. The average Bonchev–Trinajstić information content (AvgIpc) is 2.81. The Hall–Kier alpha value is -1.32. The minimum absolute atomic E-state index is 0.899. The van der Waals surface area contributed by atoms with Crippen molar-refractivity contribution in [3.8, 4) is 0 Å². The van der Waals surface area contributed by atoms with Crippen LogP contribution in [0.2, 0.25) is 0 Å². The smallest absolute Gasteiger partial charge is 0.0347 e. The number of nitrogens with two attached hydrogens (primary N) is 1. The first-order valence-corrected chi connectivity index (χ1v) is 6.73. The molecule has 0 saturated carbocycles. The molecule has 3 heteroatoms. The largest absolute Gasteiger partial charge is 0.399 e. The van der Waals surface area contributed by atoms with Gasteiger partial charge < -0.3 is 10.6 Å². The van der Waals surface area contributed by atoms with Crippen molar-refractivity contribution in [1.82, 2.24) is 4.90 Å². The van der Waals surface area contributed by atoms with Gasteiger partial charge in [0, 0.05) is 18.8 Å². The summed E-state index contributed by atoms with van der Waals surface area (Å²) in [6.07, 6.45) is 1.01. The Labute approximate surface area is 107 Å². The topological polar surface area (TPSA) is 29.3 Å². The van der Waals surface area contributed by atoms with Crippen molar-refractivity contribution in [2.75, 3.05) is 19.3 Å². The van der Waals surface area contributed by atoms with E-state index in [2.05, 4.69) is 34.8 Å². The lowest BCUT2D eigenvalue weighted by molar-refractivity contribution is 0.332. The van der Waals surface area contributed by atoms with Gasteiger partial charge in [0.1, 0.15) is 0 Å². The molecule has 0 amide bonds. The fraction of sp³-hybridized carbons (Fsp3) is 0.286. The summed E-state index contributed by atoms with van der Waals surface area (Å²) in [6, 6.07) is 10.3. The van der Waals surface area contributed by atoms with Crippen LogP contribution in [0.3, 0.4) is 0 Å². The minimum Gasteiger partial charge on any atom is -0.399 e. The van der Waals surface area contributed by atoms with Gasteiger partial charge in [-0.15, -0.1) is 0 Å². The molecule has 0 atom stereocenters. The average molecular weight is 246 g/mol. The fourth-order valence-corrected chi connectivity index (χ4v) is 2.51. The van der Waals surface area contributed by atoms with Crippen LogP contribution in [0.5, 0.6) is 0 Å². The first-order valence-electron chi connectivity index (χ1n) is 5.78. The van der Waals surface area contributed by atoms with Crippen molar-refractivity contribution in [3.63, 3.8) is 0 Å². The lowest BCUT2D eigenvalue weighted by atomic mass is 10.1. The van der Waals surface area contributed by atoms with Crippen LogP contribution in [-0.2, 0) is 13.0 Å². The molecule has 1 aromatic carbocycles. The van der Waals surface area contributed by atoms with E-state index in [0.717, 1.165) is 25.2 Å². The SMILES string of the molecule is CN(CCc1ccccc1N)Cc1ccsc1. The van der Waals surface area contributed by atoms with Gasteiger partial charge in [0.05, 0.1) is 0 Å². The van der Waals surface area contributed by atoms with Crippen LogP contribution in [-0.4, -0.2) is 18.5 Å². The Morgan fingerprint density at radius 3 is 2.76 bits per heavy atom. The number of hydrogen-bond donors (Lipinski definition) is 1. The van der Waals surface area contributed by atoms with Gasteiger partial charge in [-0.2, -0.15) is 11.3 Å². The molecular formula is C14H18N2S. The molecule has 2 N–H and O–H groups in total. The second-order valence-electron chi connectivity index (χ2n) is 4.32. The molecule has 0 unspecified atom stereocenters. The summed E-state index contributed by atoms with van der Waals surface area (Å²) in [7, 11) is 2.15. The second-order valence-corrected chi connectivity index (χ2v) is 5.10. The van der Waals surface area contributed by atoms with Crippen molar-refractivity contribution < 1.29 is 0 Å². The van der Waals surface area contributed by atoms with Crippen molar-refractivity contribution in [2.45, 2.75) is 13.0 Å². The van der Waals surface area contributed by atoms with Crippen LogP contribution in [0.25, 0.3) is 0 Å². The maximum absolute atomic E-state index is 5.93. The highest BCUT2D eigenvalue weighted by Gasteiger charge is 2.03. The molecule has 17 heavy (non-hydrogen) atoms. The zero-order valence-electron chi connectivity index (χ0n) is 10.1. The summed E-state index contributed by atoms with van der Waals surface area (Å²) in [4.78, 5) is 2.33. The number of nitrogen functional groups attached to an aromatic ring is 1. The van der Waals surface area contributed by atoms with Crippen LogP contribution < -0.4 is 5.73 Å². The van der Waals surface area contributed by atoms with Crippen LogP contribution in [0, 0.1) is 0 Å². The van der Waals surface area contributed by atoms with E-state index in [1.165, 1.54) is 11.1 Å². The molecule has 2 aromatic rings. The zero-order chi connectivity index (χ0) is 12.1. The monoisotopic (exact) mass is 246 g/mol. The summed E-state index contributed by atoms with van der Waals surface area (Å²) < 4.78 is 0. The van der Waals surface area contributed by atoms with Crippen LogP contribution >= 0.6 is 11.3 Å². The molecule has 0 aliphatic rings. The Bertz CT molecular complexity index is 451. The molecule has 1 aromatic heterocycles. The van der Waals surface area contributed by atoms with E-state index in [-0.39, 0.29) is 0 Å². The molecule has 90 valence electrons. The van der Waals surface area contributed by atoms with E-state index in [1.54, 1.807) is 11.3 Å². The molecule has 1 heterocycles. The molecule has 0 radical (unpaired) electrons. The van der Waals surface area contributed by atoms with Crippen molar-refractivity contribution in [3.05, 3.63) is 52.2 Å². The number of likely N-dealkylation sites (N-methyl/N-ethyl adjacent to an activating group) is 1. The number of rotatable bonds is 5. The van der Waals surface area contributed by atoms with Crippen LogP contribution in [0.1, 0.15) is 11.1 Å². The number of nitrogens with zero attached hydrogens (tertiary/aromatic N) is 1. The molecule has 0 spiro atoms. The number of thiophene rings is 1. The Morgan fingerprint density at radius 2 is 2.06 bits per heavy atom. The van der Waals surface area contributed by atoms with Crippen molar-refractivity contribution in [1.29, 1.82) is 0 Å². The van der Waals surface area contributed by atoms with Gasteiger partial charge in [-0.25, -0.2) is 0 Å². The van der Waals surface area contributed by atoms with Crippen LogP contribution in [0.4, 0.5) is 5.69 Å². The quantitative estimate of drug-likeness (QED) is 0.822. The predicted octanol–water partition coefficient (Wildman–Crippen LogP) is 3.00. The first-order chi connectivity index (χ1) is 8.25.